The summed E-state index contributed by atoms with van der Waals surface area (Å²) < 4.78 is 0. The minimum absolute atomic E-state index is 0.0570. The Balaban J connectivity index is 1.76. The van der Waals surface area contributed by atoms with Gasteiger partial charge in [0.1, 0.15) is 0 Å². The molecule has 3 N–H and O–H groups in total. The van der Waals surface area contributed by atoms with E-state index in [0.717, 1.165) is 34.2 Å². The lowest BCUT2D eigenvalue weighted by molar-refractivity contribution is -0.147. The highest BCUT2D eigenvalue weighted by Gasteiger charge is 2.59. The number of nitrogens with one attached hydrogen (secondary N) is 1. The van der Waals surface area contributed by atoms with E-state index in [1.54, 1.807) is 23.7 Å². The van der Waals surface area contributed by atoms with Crippen molar-refractivity contribution in [3.8, 4) is 0 Å². The van der Waals surface area contributed by atoms with Crippen LogP contribution in [-0.4, -0.2) is 56.8 Å². The third-order valence-electron chi connectivity index (χ3n) is 8.30. The summed E-state index contributed by atoms with van der Waals surface area (Å²) in [6.45, 7) is 9.57. The van der Waals surface area contributed by atoms with Crippen LogP contribution in [0.15, 0.2) is 24.5 Å². The Labute approximate surface area is 200 Å². The summed E-state index contributed by atoms with van der Waals surface area (Å²) in [6, 6.07) is 3.83. The molecule has 2 aliphatic carbocycles. The van der Waals surface area contributed by atoms with E-state index in [9.17, 15) is 15.0 Å². The van der Waals surface area contributed by atoms with Gasteiger partial charge in [-0.2, -0.15) is 0 Å². The highest BCUT2D eigenvalue weighted by Crippen LogP contribution is 2.63. The summed E-state index contributed by atoms with van der Waals surface area (Å²) >= 11 is 1.61. The topological polar surface area (TPSA) is 98.6 Å². The van der Waals surface area contributed by atoms with Crippen molar-refractivity contribution in [2.45, 2.75) is 65.4 Å². The van der Waals surface area contributed by atoms with Gasteiger partial charge in [-0.1, -0.05) is 13.8 Å². The average Bonchev–Trinajstić information content (AvgIpc) is 3.21. The van der Waals surface area contributed by atoms with Crippen molar-refractivity contribution in [2.24, 2.45) is 16.7 Å². The minimum atomic E-state index is -0.609. The Bertz CT molecular complexity index is 979. The van der Waals surface area contributed by atoms with Crippen molar-refractivity contribution in [1.82, 2.24) is 14.9 Å². The number of pyridine rings is 1. The molecule has 0 bridgehead atoms. The molecule has 1 amide bonds. The number of carbonyl (C=O) groups is 1. The Morgan fingerprint density at radius 3 is 2.73 bits per heavy atom. The van der Waals surface area contributed by atoms with Crippen LogP contribution in [0.5, 0.6) is 0 Å². The smallest absolute Gasteiger partial charge is 0.223 e. The number of nitrogens with zero attached hydrogens (tertiary/aromatic N) is 3. The predicted molar refractivity (Wildman–Crippen MR) is 131 cm³/mol. The largest absolute Gasteiger partial charge is 0.396 e. The monoisotopic (exact) mass is 472 g/mol. The standard InChI is InChI=1S/C25H36N4O3S/c1-5-29(6-2)21(32)12-17-22-18(33-23(28-22)27-16-8-7-11-26-14-16)13-19-24(17,3)10-9-20(31)25(19,4)15-30/h7-8,11,14,17,19-20,30-31H,5-6,9-10,12-13,15H2,1-4H3,(H,27,28). The Morgan fingerprint density at radius 1 is 1.33 bits per heavy atom. The molecule has 180 valence electrons. The number of hydrogen-bond acceptors (Lipinski definition) is 7. The SMILES string of the molecule is CCN(CC)C(=O)CC1c2nc(Nc3cccnc3)sc2CC2C(C)(CO)C(O)CCC12C. The summed E-state index contributed by atoms with van der Waals surface area (Å²) in [5, 5.41) is 25.4. The zero-order valence-electron chi connectivity index (χ0n) is 20.0. The summed E-state index contributed by atoms with van der Waals surface area (Å²) in [4.78, 5) is 25.5. The van der Waals surface area contributed by atoms with Crippen LogP contribution in [0.25, 0.3) is 0 Å². The molecule has 1 saturated carbocycles. The molecule has 2 aliphatic rings. The van der Waals surface area contributed by atoms with Gasteiger partial charge < -0.3 is 20.4 Å². The summed E-state index contributed by atoms with van der Waals surface area (Å²) in [6.07, 6.45) is 5.54. The Kier molecular flexibility index (Phi) is 6.80. The van der Waals surface area contributed by atoms with Gasteiger partial charge in [0, 0.05) is 41.9 Å². The molecule has 0 spiro atoms. The molecule has 0 radical (unpaired) electrons. The fourth-order valence-electron chi connectivity index (χ4n) is 6.14. The molecule has 5 unspecified atom stereocenters. The third kappa shape index (κ3) is 4.17. The van der Waals surface area contributed by atoms with Gasteiger partial charge in [-0.3, -0.25) is 9.78 Å². The van der Waals surface area contributed by atoms with Gasteiger partial charge in [0.2, 0.25) is 5.91 Å². The summed E-state index contributed by atoms with van der Waals surface area (Å²) in [5.41, 5.74) is 1.04. The van der Waals surface area contributed by atoms with Crippen molar-refractivity contribution in [3.63, 3.8) is 0 Å². The second-order valence-corrected chi connectivity index (χ2v) is 11.1. The Hall–Kier alpha value is -2.03. The van der Waals surface area contributed by atoms with E-state index in [-0.39, 0.29) is 29.8 Å². The maximum Gasteiger partial charge on any atom is 0.223 e. The molecule has 2 heterocycles. The molecule has 0 saturated heterocycles. The van der Waals surface area contributed by atoms with Crippen LogP contribution in [0.4, 0.5) is 10.8 Å². The number of amides is 1. The summed E-state index contributed by atoms with van der Waals surface area (Å²) in [7, 11) is 0. The number of hydrogen-bond donors (Lipinski definition) is 3. The van der Waals surface area contributed by atoms with Crippen molar-refractivity contribution in [1.29, 1.82) is 0 Å². The van der Waals surface area contributed by atoms with Crippen LogP contribution >= 0.6 is 11.3 Å². The van der Waals surface area contributed by atoms with Crippen LogP contribution in [0, 0.1) is 16.7 Å². The van der Waals surface area contributed by atoms with Gasteiger partial charge in [0.25, 0.3) is 0 Å². The minimum Gasteiger partial charge on any atom is -0.396 e. The molecule has 33 heavy (non-hydrogen) atoms. The van der Waals surface area contributed by atoms with Crippen molar-refractivity contribution in [2.75, 3.05) is 25.0 Å². The fraction of sp³-hybridized carbons (Fsp3) is 0.640. The second-order valence-electron chi connectivity index (χ2n) is 10.00. The highest BCUT2D eigenvalue weighted by molar-refractivity contribution is 7.15. The van der Waals surface area contributed by atoms with Gasteiger partial charge in [-0.25, -0.2) is 4.98 Å². The van der Waals surface area contributed by atoms with Crippen LogP contribution in [0.1, 0.15) is 63.4 Å². The third-order valence-corrected chi connectivity index (χ3v) is 9.31. The van der Waals surface area contributed by atoms with Crippen LogP contribution in [0.2, 0.25) is 0 Å². The van der Waals surface area contributed by atoms with Gasteiger partial charge in [-0.15, -0.1) is 11.3 Å². The number of aromatic nitrogens is 2. The predicted octanol–water partition coefficient (Wildman–Crippen LogP) is 3.96. The maximum atomic E-state index is 13.3. The van der Waals surface area contributed by atoms with Gasteiger partial charge in [0.05, 0.1) is 30.3 Å². The number of aliphatic hydroxyl groups excluding tert-OH is 2. The molecule has 2 aromatic rings. The first-order chi connectivity index (χ1) is 15.8. The second kappa shape index (κ2) is 9.31. The van der Waals surface area contributed by atoms with Crippen molar-refractivity contribution < 1.29 is 15.0 Å². The zero-order chi connectivity index (χ0) is 23.8. The van der Waals surface area contributed by atoms with E-state index in [1.807, 2.05) is 37.8 Å². The van der Waals surface area contributed by atoms with E-state index >= 15 is 0 Å². The first kappa shape index (κ1) is 24.1. The molecule has 2 aromatic heterocycles. The van der Waals surface area contributed by atoms with Crippen LogP contribution in [0.3, 0.4) is 0 Å². The quantitative estimate of drug-likeness (QED) is 0.564. The molecular formula is C25H36N4O3S. The molecule has 4 rings (SSSR count). The first-order valence-electron chi connectivity index (χ1n) is 12.0. The number of thiazole rings is 1. The van der Waals surface area contributed by atoms with E-state index in [0.29, 0.717) is 25.9 Å². The fourth-order valence-corrected chi connectivity index (χ4v) is 7.23. The number of carbonyl (C=O) groups excluding carboxylic acids is 1. The van der Waals surface area contributed by atoms with Gasteiger partial charge >= 0.3 is 0 Å². The lowest BCUT2D eigenvalue weighted by Gasteiger charge is -2.58. The maximum absolute atomic E-state index is 13.3. The van der Waals surface area contributed by atoms with Crippen LogP contribution < -0.4 is 5.32 Å². The summed E-state index contributed by atoms with van der Waals surface area (Å²) in [5.74, 6) is 0.148. The van der Waals surface area contributed by atoms with Gasteiger partial charge in [0.15, 0.2) is 5.13 Å². The number of anilines is 2. The molecule has 7 nitrogen and oxygen atoms in total. The number of rotatable bonds is 7. The molecule has 5 atom stereocenters. The number of aliphatic hydroxyl groups is 2. The lowest BCUT2D eigenvalue weighted by Crippen LogP contribution is -2.57. The molecule has 0 aromatic carbocycles. The van der Waals surface area contributed by atoms with E-state index in [4.69, 9.17) is 4.98 Å². The normalized spacial score (nSPS) is 30.9. The average molecular weight is 473 g/mol. The molecule has 1 fully saturated rings. The van der Waals surface area contributed by atoms with E-state index in [2.05, 4.69) is 17.2 Å². The highest BCUT2D eigenvalue weighted by atomic mass is 32.1. The van der Waals surface area contributed by atoms with Crippen LogP contribution in [-0.2, 0) is 11.2 Å². The molecular weight excluding hydrogens is 436 g/mol. The Morgan fingerprint density at radius 2 is 2.09 bits per heavy atom. The number of fused-ring (bicyclic) bond motifs is 2. The first-order valence-corrected chi connectivity index (χ1v) is 12.8. The van der Waals surface area contributed by atoms with Crippen molar-refractivity contribution >= 4 is 28.1 Å². The molecule has 0 aliphatic heterocycles. The zero-order valence-corrected chi connectivity index (χ0v) is 20.9. The van der Waals surface area contributed by atoms with Crippen molar-refractivity contribution in [3.05, 3.63) is 35.1 Å². The lowest BCUT2D eigenvalue weighted by atomic mass is 9.47. The molecule has 8 heteroatoms. The van der Waals surface area contributed by atoms with Gasteiger partial charge in [-0.05, 0) is 56.6 Å². The van der Waals surface area contributed by atoms with E-state index in [1.165, 1.54) is 0 Å². The van der Waals surface area contributed by atoms with E-state index < -0.39 is 11.5 Å².